The highest BCUT2D eigenvalue weighted by Crippen LogP contribution is 2.25. The van der Waals surface area contributed by atoms with Gasteiger partial charge in [0.25, 0.3) is 0 Å². The fourth-order valence-corrected chi connectivity index (χ4v) is 1.70. The molecule has 0 saturated carbocycles. The molecule has 1 aromatic carbocycles. The molecule has 0 aliphatic heterocycles. The monoisotopic (exact) mass is 332 g/mol. The Balaban J connectivity index is 2.71. The number of nitrogens with one attached hydrogen (secondary N) is 1. The minimum absolute atomic E-state index is 0.0274. The number of alkyl halides is 2. The van der Waals surface area contributed by atoms with Gasteiger partial charge >= 0.3 is 18.6 Å². The van der Waals surface area contributed by atoms with Crippen molar-refractivity contribution in [3.63, 3.8) is 0 Å². The summed E-state index contributed by atoms with van der Waals surface area (Å²) in [5, 5.41) is 11.1. The van der Waals surface area contributed by atoms with Crippen molar-refractivity contribution in [2.24, 2.45) is 0 Å². The summed E-state index contributed by atoms with van der Waals surface area (Å²) in [6, 6.07) is 3.72. The average molecular weight is 332 g/mol. The van der Waals surface area contributed by atoms with Gasteiger partial charge in [0.2, 0.25) is 0 Å². The van der Waals surface area contributed by atoms with Crippen LogP contribution < -0.4 is 14.8 Å². The van der Waals surface area contributed by atoms with E-state index in [1.807, 2.05) is 0 Å². The number of carbonyl (C=O) groups excluding carboxylic acids is 1. The molecule has 9 heteroatoms. The number of rotatable bonds is 8. The lowest BCUT2D eigenvalue weighted by atomic mass is 10.2. The first kappa shape index (κ1) is 18.5. The van der Waals surface area contributed by atoms with Crippen molar-refractivity contribution in [1.29, 1.82) is 0 Å². The Kier molecular flexibility index (Phi) is 7.04. The summed E-state index contributed by atoms with van der Waals surface area (Å²) in [6.07, 6.45) is -0.192. The van der Waals surface area contributed by atoms with Crippen LogP contribution in [0.2, 0.25) is 0 Å². The molecule has 0 saturated heterocycles. The second kappa shape index (κ2) is 8.76. The van der Waals surface area contributed by atoms with E-state index in [0.29, 0.717) is 11.3 Å². The number of urea groups is 1. The number of halogens is 2. The predicted octanol–water partition coefficient (Wildman–Crippen LogP) is 1.91. The molecular formula is C14H18F2N2O5. The number of benzene rings is 1. The van der Waals surface area contributed by atoms with Crippen molar-refractivity contribution < 1.29 is 33.0 Å². The van der Waals surface area contributed by atoms with Gasteiger partial charge in [-0.3, -0.25) is 4.79 Å². The standard InChI is InChI=1S/C14H18F2N2O5/c1-18(6-5-12(19)20)14(21)17-8-9-7-10(22-2)3-4-11(9)23-13(15)16/h3-4,7,13H,5-6,8H2,1-2H3,(H,17,21)(H,19,20). The SMILES string of the molecule is COc1ccc(OC(F)F)c(CNC(=O)N(C)CCC(=O)O)c1. The van der Waals surface area contributed by atoms with Gasteiger partial charge in [0.1, 0.15) is 11.5 Å². The highest BCUT2D eigenvalue weighted by atomic mass is 19.3. The molecule has 0 spiro atoms. The fourth-order valence-electron chi connectivity index (χ4n) is 1.70. The third-order valence-corrected chi connectivity index (χ3v) is 2.92. The van der Waals surface area contributed by atoms with Crippen molar-refractivity contribution in [2.45, 2.75) is 19.6 Å². The van der Waals surface area contributed by atoms with Crippen molar-refractivity contribution in [1.82, 2.24) is 10.2 Å². The van der Waals surface area contributed by atoms with E-state index in [1.165, 1.54) is 37.3 Å². The van der Waals surface area contributed by atoms with Gasteiger partial charge in [0.05, 0.1) is 13.5 Å². The molecule has 7 nitrogen and oxygen atoms in total. The van der Waals surface area contributed by atoms with E-state index in [2.05, 4.69) is 10.1 Å². The van der Waals surface area contributed by atoms with Gasteiger partial charge < -0.3 is 24.8 Å². The molecule has 2 N–H and O–H groups in total. The van der Waals surface area contributed by atoms with Gasteiger partial charge in [-0.2, -0.15) is 8.78 Å². The van der Waals surface area contributed by atoms with Crippen molar-refractivity contribution >= 4 is 12.0 Å². The molecule has 0 fully saturated rings. The number of carboxylic acid groups (broad SMARTS) is 1. The van der Waals surface area contributed by atoms with Crippen LogP contribution >= 0.6 is 0 Å². The number of hydrogen-bond acceptors (Lipinski definition) is 4. The largest absolute Gasteiger partial charge is 0.497 e. The summed E-state index contributed by atoms with van der Waals surface area (Å²) in [7, 11) is 2.85. The van der Waals surface area contributed by atoms with Crippen LogP contribution in [0.5, 0.6) is 11.5 Å². The Morgan fingerprint density at radius 1 is 1.39 bits per heavy atom. The molecule has 0 radical (unpaired) electrons. The number of carboxylic acids is 1. The second-order valence-corrected chi connectivity index (χ2v) is 4.58. The molecule has 1 aromatic rings. The molecule has 0 bridgehead atoms. The summed E-state index contributed by atoms with van der Waals surface area (Å²) in [5.74, 6) is -0.672. The van der Waals surface area contributed by atoms with Gasteiger partial charge in [-0.25, -0.2) is 4.79 Å². The zero-order valence-corrected chi connectivity index (χ0v) is 12.7. The van der Waals surface area contributed by atoms with E-state index in [1.54, 1.807) is 0 Å². The van der Waals surface area contributed by atoms with Crippen LogP contribution in [0.1, 0.15) is 12.0 Å². The molecule has 2 amide bonds. The van der Waals surface area contributed by atoms with E-state index in [9.17, 15) is 18.4 Å². The predicted molar refractivity (Wildman–Crippen MR) is 76.7 cm³/mol. The molecule has 128 valence electrons. The highest BCUT2D eigenvalue weighted by molar-refractivity contribution is 5.75. The third-order valence-electron chi connectivity index (χ3n) is 2.92. The molecule has 23 heavy (non-hydrogen) atoms. The maximum absolute atomic E-state index is 12.4. The zero-order valence-electron chi connectivity index (χ0n) is 12.7. The Labute approximate surface area is 131 Å². The molecule has 0 unspecified atom stereocenters. The molecule has 0 aliphatic carbocycles. The van der Waals surface area contributed by atoms with Crippen LogP contribution in [0.15, 0.2) is 18.2 Å². The van der Waals surface area contributed by atoms with E-state index >= 15 is 0 Å². The summed E-state index contributed by atoms with van der Waals surface area (Å²) >= 11 is 0. The number of amides is 2. The van der Waals surface area contributed by atoms with Crippen molar-refractivity contribution in [3.05, 3.63) is 23.8 Å². The van der Waals surface area contributed by atoms with Crippen molar-refractivity contribution in [2.75, 3.05) is 20.7 Å². The van der Waals surface area contributed by atoms with Crippen molar-refractivity contribution in [3.8, 4) is 11.5 Å². The number of methoxy groups -OCH3 is 1. The first-order chi connectivity index (χ1) is 10.8. The van der Waals surface area contributed by atoms with Crippen LogP contribution in [0.3, 0.4) is 0 Å². The summed E-state index contributed by atoms with van der Waals surface area (Å²) < 4.78 is 34.2. The minimum atomic E-state index is -2.99. The van der Waals surface area contributed by atoms with Crippen LogP contribution in [0.25, 0.3) is 0 Å². The Bertz CT molecular complexity index is 554. The average Bonchev–Trinajstić information content (AvgIpc) is 2.50. The fraction of sp³-hybridized carbons (Fsp3) is 0.429. The lowest BCUT2D eigenvalue weighted by molar-refractivity contribution is -0.137. The number of nitrogens with zero attached hydrogens (tertiary/aromatic N) is 1. The van der Waals surface area contributed by atoms with E-state index < -0.39 is 18.6 Å². The molecular weight excluding hydrogens is 314 g/mol. The smallest absolute Gasteiger partial charge is 0.387 e. The van der Waals surface area contributed by atoms with E-state index in [-0.39, 0.29) is 25.3 Å². The Morgan fingerprint density at radius 3 is 2.65 bits per heavy atom. The number of aliphatic carboxylic acids is 1. The van der Waals surface area contributed by atoms with Gasteiger partial charge in [-0.05, 0) is 18.2 Å². The number of ether oxygens (including phenoxy) is 2. The van der Waals surface area contributed by atoms with Gasteiger partial charge in [-0.1, -0.05) is 0 Å². The Morgan fingerprint density at radius 2 is 2.09 bits per heavy atom. The molecule has 0 aromatic heterocycles. The topological polar surface area (TPSA) is 88.1 Å². The Hall–Kier alpha value is -2.58. The van der Waals surface area contributed by atoms with Crippen LogP contribution in [0, 0.1) is 0 Å². The summed E-state index contributed by atoms with van der Waals surface area (Å²) in [6.45, 7) is -3.04. The first-order valence-electron chi connectivity index (χ1n) is 6.66. The second-order valence-electron chi connectivity index (χ2n) is 4.58. The molecule has 0 atom stereocenters. The maximum Gasteiger partial charge on any atom is 0.387 e. The minimum Gasteiger partial charge on any atom is -0.497 e. The third kappa shape index (κ3) is 6.37. The lowest BCUT2D eigenvalue weighted by Gasteiger charge is -2.18. The molecule has 1 rings (SSSR count). The summed E-state index contributed by atoms with van der Waals surface area (Å²) in [4.78, 5) is 23.5. The van der Waals surface area contributed by atoms with E-state index in [4.69, 9.17) is 9.84 Å². The van der Waals surface area contributed by atoms with Crippen LogP contribution in [0.4, 0.5) is 13.6 Å². The summed E-state index contributed by atoms with van der Waals surface area (Å²) in [5.41, 5.74) is 0.310. The molecule has 0 aliphatic rings. The quantitative estimate of drug-likeness (QED) is 0.759. The lowest BCUT2D eigenvalue weighted by Crippen LogP contribution is -2.38. The van der Waals surface area contributed by atoms with Gasteiger partial charge in [0.15, 0.2) is 0 Å². The highest BCUT2D eigenvalue weighted by Gasteiger charge is 2.14. The molecule has 0 heterocycles. The first-order valence-corrected chi connectivity index (χ1v) is 6.66. The normalized spacial score (nSPS) is 10.3. The van der Waals surface area contributed by atoms with Crippen LogP contribution in [-0.4, -0.2) is 49.3 Å². The zero-order chi connectivity index (χ0) is 17.4. The number of hydrogen-bond donors (Lipinski definition) is 2. The van der Waals surface area contributed by atoms with E-state index in [0.717, 1.165) is 0 Å². The number of carbonyl (C=O) groups is 2. The van der Waals surface area contributed by atoms with Crippen LogP contribution in [-0.2, 0) is 11.3 Å². The maximum atomic E-state index is 12.4. The van der Waals surface area contributed by atoms with Gasteiger partial charge in [-0.15, -0.1) is 0 Å². The van der Waals surface area contributed by atoms with Gasteiger partial charge in [0, 0.05) is 25.7 Å².